The highest BCUT2D eigenvalue weighted by atomic mass is 16.2. The molecule has 0 aliphatic carbocycles. The topological polar surface area (TPSA) is 49.6 Å². The normalized spacial score (nSPS) is 19.8. The monoisotopic (exact) mass is 227 g/mol. The van der Waals surface area contributed by atoms with Crippen LogP contribution in [0.3, 0.4) is 0 Å². The Bertz CT molecular complexity index is 212. The van der Waals surface area contributed by atoms with Crippen LogP contribution in [0, 0.1) is 0 Å². The summed E-state index contributed by atoms with van der Waals surface area (Å²) >= 11 is 0. The minimum atomic E-state index is -0.289. The van der Waals surface area contributed by atoms with E-state index >= 15 is 0 Å². The Balaban J connectivity index is 2.32. The molecule has 1 unspecified atom stereocenters. The molecule has 1 aliphatic heterocycles. The summed E-state index contributed by atoms with van der Waals surface area (Å²) in [6, 6.07) is -0.289. The van der Waals surface area contributed by atoms with Gasteiger partial charge in [0.2, 0.25) is 5.91 Å². The van der Waals surface area contributed by atoms with Gasteiger partial charge in [0.05, 0.1) is 6.04 Å². The standard InChI is InChI=1S/C12H25N3O/c1-3-5-11(13)12(16)15-9-7-14(6-4-2)8-10-15/h11H,3-10,13H2,1-2H3. The minimum Gasteiger partial charge on any atom is -0.339 e. The maximum Gasteiger partial charge on any atom is 0.239 e. The molecular formula is C12H25N3O. The minimum absolute atomic E-state index is 0.137. The van der Waals surface area contributed by atoms with Crippen LogP contribution in [-0.4, -0.2) is 54.5 Å². The van der Waals surface area contributed by atoms with E-state index in [2.05, 4.69) is 18.7 Å². The summed E-state index contributed by atoms with van der Waals surface area (Å²) in [5.74, 6) is 0.137. The molecule has 0 aromatic rings. The largest absolute Gasteiger partial charge is 0.339 e. The molecule has 1 saturated heterocycles. The van der Waals surface area contributed by atoms with Gasteiger partial charge in [-0.1, -0.05) is 20.3 Å². The third-order valence-electron chi connectivity index (χ3n) is 3.14. The molecule has 0 radical (unpaired) electrons. The fourth-order valence-corrected chi connectivity index (χ4v) is 2.18. The number of rotatable bonds is 5. The van der Waals surface area contributed by atoms with E-state index < -0.39 is 0 Å². The average molecular weight is 227 g/mol. The van der Waals surface area contributed by atoms with Crippen molar-refractivity contribution >= 4 is 5.91 Å². The van der Waals surface area contributed by atoms with Gasteiger partial charge in [-0.25, -0.2) is 0 Å². The van der Waals surface area contributed by atoms with Crippen molar-refractivity contribution in [2.24, 2.45) is 5.73 Å². The Kier molecular flexibility index (Phi) is 5.77. The highest BCUT2D eigenvalue weighted by Gasteiger charge is 2.24. The number of hydrogen-bond donors (Lipinski definition) is 1. The third-order valence-corrected chi connectivity index (χ3v) is 3.14. The molecule has 1 heterocycles. The van der Waals surface area contributed by atoms with Crippen molar-refractivity contribution in [3.05, 3.63) is 0 Å². The van der Waals surface area contributed by atoms with Gasteiger partial charge in [0.15, 0.2) is 0 Å². The molecule has 0 aromatic carbocycles. The molecule has 1 atom stereocenters. The van der Waals surface area contributed by atoms with E-state index in [1.807, 2.05) is 4.90 Å². The van der Waals surface area contributed by atoms with E-state index in [9.17, 15) is 4.79 Å². The van der Waals surface area contributed by atoms with Gasteiger partial charge in [-0.15, -0.1) is 0 Å². The molecule has 4 heteroatoms. The van der Waals surface area contributed by atoms with Gasteiger partial charge in [0, 0.05) is 26.2 Å². The first kappa shape index (κ1) is 13.5. The van der Waals surface area contributed by atoms with Gasteiger partial charge in [0.25, 0.3) is 0 Å². The fraction of sp³-hybridized carbons (Fsp3) is 0.917. The van der Waals surface area contributed by atoms with E-state index in [1.165, 1.54) is 6.42 Å². The molecule has 0 bridgehead atoms. The van der Waals surface area contributed by atoms with Crippen LogP contribution in [0.25, 0.3) is 0 Å². The van der Waals surface area contributed by atoms with Gasteiger partial charge >= 0.3 is 0 Å². The van der Waals surface area contributed by atoms with Crippen LogP contribution in [0.4, 0.5) is 0 Å². The van der Waals surface area contributed by atoms with Crippen LogP contribution in [0.5, 0.6) is 0 Å². The quantitative estimate of drug-likeness (QED) is 0.751. The van der Waals surface area contributed by atoms with E-state index in [0.29, 0.717) is 0 Å². The molecule has 1 rings (SSSR count). The predicted molar refractivity (Wildman–Crippen MR) is 66.2 cm³/mol. The van der Waals surface area contributed by atoms with Crippen LogP contribution in [0.1, 0.15) is 33.1 Å². The zero-order valence-corrected chi connectivity index (χ0v) is 10.6. The molecule has 1 amide bonds. The highest BCUT2D eigenvalue weighted by Crippen LogP contribution is 2.06. The van der Waals surface area contributed by atoms with Crippen molar-refractivity contribution in [2.75, 3.05) is 32.7 Å². The van der Waals surface area contributed by atoms with Crippen molar-refractivity contribution in [3.8, 4) is 0 Å². The van der Waals surface area contributed by atoms with Crippen LogP contribution in [-0.2, 0) is 4.79 Å². The molecule has 0 spiro atoms. The first-order chi connectivity index (χ1) is 7.69. The molecule has 0 aromatic heterocycles. The van der Waals surface area contributed by atoms with E-state index in [-0.39, 0.29) is 11.9 Å². The lowest BCUT2D eigenvalue weighted by atomic mass is 10.1. The number of hydrogen-bond acceptors (Lipinski definition) is 3. The lowest BCUT2D eigenvalue weighted by Gasteiger charge is -2.35. The van der Waals surface area contributed by atoms with Crippen LogP contribution in [0.2, 0.25) is 0 Å². The van der Waals surface area contributed by atoms with Gasteiger partial charge < -0.3 is 10.6 Å². The van der Waals surface area contributed by atoms with Gasteiger partial charge in [-0.3, -0.25) is 9.69 Å². The third kappa shape index (κ3) is 3.76. The van der Waals surface area contributed by atoms with Crippen molar-refractivity contribution < 1.29 is 4.79 Å². The first-order valence-corrected chi connectivity index (χ1v) is 6.45. The van der Waals surface area contributed by atoms with E-state index in [0.717, 1.165) is 45.6 Å². The summed E-state index contributed by atoms with van der Waals surface area (Å²) in [4.78, 5) is 16.3. The Morgan fingerprint density at radius 3 is 2.31 bits per heavy atom. The summed E-state index contributed by atoms with van der Waals surface area (Å²) in [5.41, 5.74) is 5.85. The molecule has 4 nitrogen and oxygen atoms in total. The summed E-state index contributed by atoms with van der Waals surface area (Å²) in [6.07, 6.45) is 2.96. The number of piperazine rings is 1. The molecule has 94 valence electrons. The maximum atomic E-state index is 11.9. The van der Waals surface area contributed by atoms with Gasteiger partial charge in [0.1, 0.15) is 0 Å². The zero-order valence-electron chi connectivity index (χ0n) is 10.6. The lowest BCUT2D eigenvalue weighted by Crippen LogP contribution is -2.53. The maximum absolute atomic E-state index is 11.9. The molecule has 16 heavy (non-hydrogen) atoms. The Labute approximate surface area is 98.8 Å². The second-order valence-electron chi connectivity index (χ2n) is 4.56. The average Bonchev–Trinajstić information content (AvgIpc) is 2.30. The van der Waals surface area contributed by atoms with Crippen molar-refractivity contribution in [3.63, 3.8) is 0 Å². The lowest BCUT2D eigenvalue weighted by molar-refractivity contribution is -0.134. The smallest absolute Gasteiger partial charge is 0.239 e. The predicted octanol–water partition coefficient (Wildman–Crippen LogP) is 0.668. The fourth-order valence-electron chi connectivity index (χ4n) is 2.18. The zero-order chi connectivity index (χ0) is 12.0. The van der Waals surface area contributed by atoms with Crippen LogP contribution >= 0.6 is 0 Å². The SMILES string of the molecule is CCCC(N)C(=O)N1CCN(CCC)CC1. The van der Waals surface area contributed by atoms with Gasteiger partial charge in [-0.2, -0.15) is 0 Å². The molecule has 0 saturated carbocycles. The summed E-state index contributed by atoms with van der Waals surface area (Å²) in [6.45, 7) is 9.08. The summed E-state index contributed by atoms with van der Waals surface area (Å²) in [5, 5.41) is 0. The summed E-state index contributed by atoms with van der Waals surface area (Å²) in [7, 11) is 0. The van der Waals surface area contributed by atoms with Gasteiger partial charge in [-0.05, 0) is 19.4 Å². The van der Waals surface area contributed by atoms with Crippen LogP contribution < -0.4 is 5.73 Å². The Hall–Kier alpha value is -0.610. The Morgan fingerprint density at radius 1 is 1.19 bits per heavy atom. The number of nitrogens with two attached hydrogens (primary N) is 1. The number of carbonyl (C=O) groups excluding carboxylic acids is 1. The van der Waals surface area contributed by atoms with Crippen molar-refractivity contribution in [2.45, 2.75) is 39.2 Å². The van der Waals surface area contributed by atoms with Crippen molar-refractivity contribution in [1.82, 2.24) is 9.80 Å². The van der Waals surface area contributed by atoms with Crippen molar-refractivity contribution in [1.29, 1.82) is 0 Å². The molecule has 1 fully saturated rings. The first-order valence-electron chi connectivity index (χ1n) is 6.45. The van der Waals surface area contributed by atoms with Crippen LogP contribution in [0.15, 0.2) is 0 Å². The molecule has 1 aliphatic rings. The number of nitrogens with zero attached hydrogens (tertiary/aromatic N) is 2. The summed E-state index contributed by atoms with van der Waals surface area (Å²) < 4.78 is 0. The van der Waals surface area contributed by atoms with E-state index in [4.69, 9.17) is 5.73 Å². The number of carbonyl (C=O) groups is 1. The molecular weight excluding hydrogens is 202 g/mol. The molecule has 2 N–H and O–H groups in total. The Morgan fingerprint density at radius 2 is 1.81 bits per heavy atom. The number of amides is 1. The van der Waals surface area contributed by atoms with E-state index in [1.54, 1.807) is 0 Å². The second kappa shape index (κ2) is 6.86. The second-order valence-corrected chi connectivity index (χ2v) is 4.56. The highest BCUT2D eigenvalue weighted by molar-refractivity contribution is 5.81.